The van der Waals surface area contributed by atoms with Crippen molar-refractivity contribution in [3.8, 4) is 0 Å². The molecule has 0 bridgehead atoms. The molecular weight excluding hydrogens is 265 g/mol. The molecule has 1 saturated heterocycles. The first kappa shape index (κ1) is 13.3. The standard InChI is InChI=1S/C11H13F3N2OS/c1-15-18(17)6-2-3-9(18)8-4-5-10(16-7-8)11(12,13)14/h4-5,7,9H,2-3,6H2,1H3. The molecule has 0 saturated carbocycles. The zero-order valence-corrected chi connectivity index (χ0v) is 10.6. The maximum Gasteiger partial charge on any atom is 0.433 e. The SMILES string of the molecule is CN=S1(=O)CCCC1c1ccc(C(F)(F)F)nc1. The van der Waals surface area contributed by atoms with Gasteiger partial charge in [-0.2, -0.15) is 13.2 Å². The van der Waals surface area contributed by atoms with Crippen LogP contribution in [0, 0.1) is 0 Å². The fraction of sp³-hybridized carbons (Fsp3) is 0.545. The van der Waals surface area contributed by atoms with E-state index in [1.165, 1.54) is 19.3 Å². The second-order valence-electron chi connectivity index (χ2n) is 4.18. The average Bonchev–Trinajstić information content (AvgIpc) is 2.71. The van der Waals surface area contributed by atoms with Gasteiger partial charge in [0.05, 0.1) is 15.0 Å². The van der Waals surface area contributed by atoms with Gasteiger partial charge in [-0.15, -0.1) is 0 Å². The summed E-state index contributed by atoms with van der Waals surface area (Å²) in [7, 11) is -0.832. The summed E-state index contributed by atoms with van der Waals surface area (Å²) in [5.41, 5.74) is -0.347. The molecule has 2 unspecified atom stereocenters. The van der Waals surface area contributed by atoms with Crippen LogP contribution in [0.1, 0.15) is 29.3 Å². The molecule has 1 fully saturated rings. The van der Waals surface area contributed by atoms with Crippen LogP contribution in [0.25, 0.3) is 0 Å². The Morgan fingerprint density at radius 1 is 1.44 bits per heavy atom. The van der Waals surface area contributed by atoms with Crippen LogP contribution in [0.3, 0.4) is 0 Å². The third kappa shape index (κ3) is 2.36. The van der Waals surface area contributed by atoms with Gasteiger partial charge in [0.1, 0.15) is 5.69 Å². The van der Waals surface area contributed by atoms with Crippen LogP contribution in [0.4, 0.5) is 13.2 Å². The molecule has 1 aromatic heterocycles. The molecule has 0 amide bonds. The summed E-state index contributed by atoms with van der Waals surface area (Å²) in [4.78, 5) is 3.40. The summed E-state index contributed by atoms with van der Waals surface area (Å²) in [6, 6.07) is 2.29. The van der Waals surface area contributed by atoms with Crippen molar-refractivity contribution in [3.63, 3.8) is 0 Å². The van der Waals surface area contributed by atoms with Crippen molar-refractivity contribution in [2.75, 3.05) is 12.8 Å². The number of rotatable bonds is 1. The van der Waals surface area contributed by atoms with Gasteiger partial charge >= 0.3 is 6.18 Å². The van der Waals surface area contributed by atoms with Crippen LogP contribution in [0.2, 0.25) is 0 Å². The van der Waals surface area contributed by atoms with Crippen LogP contribution in [0.5, 0.6) is 0 Å². The van der Waals surface area contributed by atoms with Gasteiger partial charge in [-0.1, -0.05) is 6.07 Å². The molecule has 3 nitrogen and oxygen atoms in total. The van der Waals surface area contributed by atoms with Crippen LogP contribution < -0.4 is 0 Å². The molecule has 100 valence electrons. The molecule has 0 aromatic carbocycles. The predicted octanol–water partition coefficient (Wildman–Crippen LogP) is 3.03. The van der Waals surface area contributed by atoms with Gasteiger partial charge in [0.25, 0.3) is 0 Å². The van der Waals surface area contributed by atoms with Gasteiger partial charge in [-0.05, 0) is 24.5 Å². The van der Waals surface area contributed by atoms with Crippen molar-refractivity contribution in [3.05, 3.63) is 29.6 Å². The first-order valence-electron chi connectivity index (χ1n) is 5.52. The fourth-order valence-electron chi connectivity index (χ4n) is 2.16. The van der Waals surface area contributed by atoms with Crippen molar-refractivity contribution in [2.45, 2.75) is 24.3 Å². The lowest BCUT2D eigenvalue weighted by molar-refractivity contribution is -0.141. The van der Waals surface area contributed by atoms with Gasteiger partial charge < -0.3 is 0 Å². The van der Waals surface area contributed by atoms with E-state index in [2.05, 4.69) is 9.35 Å². The van der Waals surface area contributed by atoms with Crippen molar-refractivity contribution in [1.82, 2.24) is 4.98 Å². The Labute approximate surface area is 104 Å². The summed E-state index contributed by atoms with van der Waals surface area (Å²) in [6.07, 6.45) is -1.81. The van der Waals surface area contributed by atoms with Crippen LogP contribution in [0.15, 0.2) is 22.7 Å². The molecule has 0 N–H and O–H groups in total. The Balaban J connectivity index is 2.34. The van der Waals surface area contributed by atoms with Crippen molar-refractivity contribution >= 4 is 9.73 Å². The monoisotopic (exact) mass is 278 g/mol. The average molecular weight is 278 g/mol. The summed E-state index contributed by atoms with van der Waals surface area (Å²) in [6.45, 7) is 0. The lowest BCUT2D eigenvalue weighted by Gasteiger charge is -2.14. The highest BCUT2D eigenvalue weighted by atomic mass is 32.2. The summed E-state index contributed by atoms with van der Waals surface area (Å²) in [5, 5.41) is -0.294. The number of hydrogen-bond acceptors (Lipinski definition) is 3. The first-order chi connectivity index (χ1) is 8.37. The van der Waals surface area contributed by atoms with Crippen molar-refractivity contribution in [2.24, 2.45) is 4.36 Å². The number of aromatic nitrogens is 1. The number of pyridine rings is 1. The summed E-state index contributed by atoms with van der Waals surface area (Å²) >= 11 is 0. The second-order valence-corrected chi connectivity index (χ2v) is 6.90. The second kappa shape index (κ2) is 4.53. The lowest BCUT2D eigenvalue weighted by atomic mass is 10.1. The minimum atomic E-state index is -4.44. The van der Waals surface area contributed by atoms with E-state index in [0.717, 1.165) is 12.5 Å². The summed E-state index contributed by atoms with van der Waals surface area (Å²) in [5.74, 6) is 0.509. The molecule has 0 spiro atoms. The zero-order valence-electron chi connectivity index (χ0n) is 9.78. The van der Waals surface area contributed by atoms with Crippen molar-refractivity contribution < 1.29 is 17.4 Å². The van der Waals surface area contributed by atoms with Gasteiger partial charge in [-0.25, -0.2) is 8.57 Å². The Kier molecular flexibility index (Phi) is 3.35. The van der Waals surface area contributed by atoms with Crippen LogP contribution >= 0.6 is 0 Å². The minimum absolute atomic E-state index is 0.294. The van der Waals surface area contributed by atoms with Crippen LogP contribution in [-0.4, -0.2) is 22.0 Å². The van der Waals surface area contributed by atoms with E-state index < -0.39 is 21.6 Å². The zero-order chi connectivity index (χ0) is 13.4. The van der Waals surface area contributed by atoms with Crippen LogP contribution in [-0.2, 0) is 15.9 Å². The Morgan fingerprint density at radius 2 is 2.17 bits per heavy atom. The Hall–Kier alpha value is -1.11. The molecule has 18 heavy (non-hydrogen) atoms. The molecule has 0 radical (unpaired) electrons. The Bertz CT molecular complexity index is 544. The highest BCUT2D eigenvalue weighted by Crippen LogP contribution is 2.36. The quantitative estimate of drug-likeness (QED) is 0.792. The van der Waals surface area contributed by atoms with Crippen molar-refractivity contribution in [1.29, 1.82) is 0 Å². The van der Waals surface area contributed by atoms with Gasteiger partial charge in [0.2, 0.25) is 0 Å². The van der Waals surface area contributed by atoms with Gasteiger partial charge in [0, 0.05) is 19.0 Å². The highest BCUT2D eigenvalue weighted by Gasteiger charge is 2.34. The third-order valence-electron chi connectivity index (χ3n) is 3.11. The molecular formula is C11H13F3N2OS. The maximum absolute atomic E-state index is 12.4. The largest absolute Gasteiger partial charge is 0.433 e. The lowest BCUT2D eigenvalue weighted by Crippen LogP contribution is -2.11. The molecule has 7 heteroatoms. The molecule has 1 aliphatic rings. The normalized spacial score (nSPS) is 28.3. The number of nitrogens with zero attached hydrogens (tertiary/aromatic N) is 2. The van der Waals surface area contributed by atoms with E-state index in [-0.39, 0.29) is 5.25 Å². The van der Waals surface area contributed by atoms with E-state index >= 15 is 0 Å². The smallest absolute Gasteiger partial charge is 0.251 e. The molecule has 2 atom stereocenters. The fourth-order valence-corrected chi connectivity index (χ4v) is 4.56. The molecule has 0 aliphatic carbocycles. The third-order valence-corrected chi connectivity index (χ3v) is 5.99. The molecule has 1 aliphatic heterocycles. The Morgan fingerprint density at radius 3 is 2.67 bits per heavy atom. The molecule has 1 aromatic rings. The topological polar surface area (TPSA) is 42.3 Å². The van der Waals surface area contributed by atoms with E-state index in [9.17, 15) is 17.4 Å². The van der Waals surface area contributed by atoms with Gasteiger partial charge in [-0.3, -0.25) is 4.98 Å². The summed E-state index contributed by atoms with van der Waals surface area (Å²) < 4.78 is 53.4. The van der Waals surface area contributed by atoms with E-state index in [0.29, 0.717) is 17.7 Å². The number of hydrogen-bond donors (Lipinski definition) is 0. The van der Waals surface area contributed by atoms with Gasteiger partial charge in [0.15, 0.2) is 0 Å². The molecule has 2 rings (SSSR count). The van der Waals surface area contributed by atoms with E-state index in [1.54, 1.807) is 0 Å². The predicted molar refractivity (Wildman–Crippen MR) is 62.6 cm³/mol. The maximum atomic E-state index is 12.4. The molecule has 2 heterocycles. The van der Waals surface area contributed by atoms with E-state index in [4.69, 9.17) is 0 Å². The number of halogens is 3. The highest BCUT2D eigenvalue weighted by molar-refractivity contribution is 7.94. The minimum Gasteiger partial charge on any atom is -0.251 e. The first-order valence-corrected chi connectivity index (χ1v) is 7.26. The van der Waals surface area contributed by atoms with E-state index in [1.807, 2.05) is 0 Å². The number of alkyl halides is 3.